The lowest BCUT2D eigenvalue weighted by Crippen LogP contribution is -2.22. The van der Waals surface area contributed by atoms with Crippen LogP contribution in [-0.4, -0.2) is 30.1 Å². The molecule has 1 amide bonds. The average molecular weight is 312 g/mol. The molecule has 0 fully saturated rings. The SMILES string of the molecule is CC(=O)Nc1cnc2n(C(C)C)c(-c3ccccn3)nn2c1=O. The fourth-order valence-corrected chi connectivity index (χ4v) is 2.35. The van der Waals surface area contributed by atoms with E-state index >= 15 is 0 Å². The zero-order chi connectivity index (χ0) is 16.6. The van der Waals surface area contributed by atoms with Crippen LogP contribution in [0.2, 0.25) is 0 Å². The van der Waals surface area contributed by atoms with Crippen molar-refractivity contribution in [1.82, 2.24) is 24.1 Å². The van der Waals surface area contributed by atoms with Gasteiger partial charge in [0.15, 0.2) is 5.82 Å². The first-order chi connectivity index (χ1) is 11.0. The Labute approximate surface area is 131 Å². The van der Waals surface area contributed by atoms with Gasteiger partial charge in [0.1, 0.15) is 11.4 Å². The first-order valence-corrected chi connectivity index (χ1v) is 7.18. The molecule has 8 nitrogen and oxygen atoms in total. The van der Waals surface area contributed by atoms with E-state index in [4.69, 9.17) is 0 Å². The van der Waals surface area contributed by atoms with E-state index in [-0.39, 0.29) is 17.6 Å². The Kier molecular flexibility index (Phi) is 3.65. The van der Waals surface area contributed by atoms with Crippen LogP contribution < -0.4 is 10.9 Å². The van der Waals surface area contributed by atoms with Crippen molar-refractivity contribution >= 4 is 17.4 Å². The molecule has 0 aromatic carbocycles. The summed E-state index contributed by atoms with van der Waals surface area (Å²) in [7, 11) is 0. The lowest BCUT2D eigenvalue weighted by molar-refractivity contribution is -0.114. The van der Waals surface area contributed by atoms with Crippen LogP contribution in [0.15, 0.2) is 35.4 Å². The summed E-state index contributed by atoms with van der Waals surface area (Å²) in [6, 6.07) is 5.51. The van der Waals surface area contributed by atoms with Gasteiger partial charge in [0.2, 0.25) is 11.7 Å². The van der Waals surface area contributed by atoms with Crippen LogP contribution in [0.5, 0.6) is 0 Å². The van der Waals surface area contributed by atoms with Gasteiger partial charge in [-0.15, -0.1) is 5.10 Å². The number of nitrogens with one attached hydrogen (secondary N) is 1. The molecule has 3 rings (SSSR count). The van der Waals surface area contributed by atoms with Gasteiger partial charge in [-0.25, -0.2) is 4.98 Å². The molecule has 3 heterocycles. The number of aromatic nitrogens is 5. The van der Waals surface area contributed by atoms with Gasteiger partial charge in [0.25, 0.3) is 5.56 Å². The third-order valence-corrected chi connectivity index (χ3v) is 3.28. The summed E-state index contributed by atoms with van der Waals surface area (Å²) in [5, 5.41) is 6.83. The zero-order valence-electron chi connectivity index (χ0n) is 13.0. The van der Waals surface area contributed by atoms with Gasteiger partial charge >= 0.3 is 0 Å². The molecular weight excluding hydrogens is 296 g/mol. The number of carbonyl (C=O) groups is 1. The maximum atomic E-state index is 12.5. The Bertz CT molecular complexity index is 926. The molecule has 0 radical (unpaired) electrons. The second kappa shape index (κ2) is 5.64. The highest BCUT2D eigenvalue weighted by Crippen LogP contribution is 2.21. The highest BCUT2D eigenvalue weighted by atomic mass is 16.2. The number of rotatable bonds is 3. The number of amides is 1. The minimum Gasteiger partial charge on any atom is -0.320 e. The molecule has 3 aromatic heterocycles. The van der Waals surface area contributed by atoms with Gasteiger partial charge in [-0.3, -0.25) is 19.1 Å². The molecular formula is C15H16N6O2. The van der Waals surface area contributed by atoms with E-state index in [0.717, 1.165) is 0 Å². The fraction of sp³-hybridized carbons (Fsp3) is 0.267. The van der Waals surface area contributed by atoms with Crippen LogP contribution in [0, 0.1) is 0 Å². The zero-order valence-corrected chi connectivity index (χ0v) is 13.0. The number of pyridine rings is 1. The van der Waals surface area contributed by atoms with Crippen molar-refractivity contribution < 1.29 is 4.79 Å². The Morgan fingerprint density at radius 1 is 1.26 bits per heavy atom. The Hall–Kier alpha value is -3.03. The summed E-state index contributed by atoms with van der Waals surface area (Å²) in [6.45, 7) is 5.28. The minimum atomic E-state index is -0.429. The van der Waals surface area contributed by atoms with Crippen molar-refractivity contribution in [1.29, 1.82) is 0 Å². The molecule has 118 valence electrons. The van der Waals surface area contributed by atoms with Gasteiger partial charge in [-0.05, 0) is 26.0 Å². The topological polar surface area (TPSA) is 94.2 Å². The summed E-state index contributed by atoms with van der Waals surface area (Å²) < 4.78 is 3.02. The van der Waals surface area contributed by atoms with E-state index in [2.05, 4.69) is 20.4 Å². The lowest BCUT2D eigenvalue weighted by Gasteiger charge is -2.10. The van der Waals surface area contributed by atoms with E-state index in [1.807, 2.05) is 36.6 Å². The molecule has 23 heavy (non-hydrogen) atoms. The van der Waals surface area contributed by atoms with Crippen LogP contribution in [0.3, 0.4) is 0 Å². The van der Waals surface area contributed by atoms with Crippen LogP contribution in [0.25, 0.3) is 17.3 Å². The van der Waals surface area contributed by atoms with Crippen molar-refractivity contribution in [2.24, 2.45) is 0 Å². The molecule has 0 spiro atoms. The Morgan fingerprint density at radius 2 is 2.04 bits per heavy atom. The van der Waals surface area contributed by atoms with Crippen molar-refractivity contribution in [2.45, 2.75) is 26.8 Å². The van der Waals surface area contributed by atoms with Gasteiger partial charge in [0, 0.05) is 19.2 Å². The molecule has 0 unspecified atom stereocenters. The fourth-order valence-electron chi connectivity index (χ4n) is 2.35. The van der Waals surface area contributed by atoms with E-state index in [1.165, 1.54) is 17.6 Å². The van der Waals surface area contributed by atoms with E-state index < -0.39 is 5.56 Å². The Morgan fingerprint density at radius 3 is 2.65 bits per heavy atom. The molecule has 0 bridgehead atoms. The normalized spacial score (nSPS) is 11.1. The lowest BCUT2D eigenvalue weighted by atomic mass is 10.3. The number of fused-ring (bicyclic) bond motifs is 1. The van der Waals surface area contributed by atoms with Crippen LogP contribution in [-0.2, 0) is 4.79 Å². The number of carbonyl (C=O) groups excluding carboxylic acids is 1. The number of hydrogen-bond donors (Lipinski definition) is 1. The van der Waals surface area contributed by atoms with Crippen molar-refractivity contribution in [3.05, 3.63) is 40.9 Å². The first-order valence-electron chi connectivity index (χ1n) is 7.18. The van der Waals surface area contributed by atoms with Crippen LogP contribution in [0.4, 0.5) is 5.69 Å². The van der Waals surface area contributed by atoms with E-state index in [9.17, 15) is 9.59 Å². The maximum absolute atomic E-state index is 12.5. The quantitative estimate of drug-likeness (QED) is 0.790. The molecule has 0 atom stereocenters. The number of anilines is 1. The Balaban J connectivity index is 2.30. The first kappa shape index (κ1) is 14.9. The predicted octanol–water partition coefficient (Wildman–Crippen LogP) is 1.49. The summed E-state index contributed by atoms with van der Waals surface area (Å²) >= 11 is 0. The minimum absolute atomic E-state index is 0.0306. The third-order valence-electron chi connectivity index (χ3n) is 3.28. The second-order valence-corrected chi connectivity index (χ2v) is 5.37. The molecule has 1 N–H and O–H groups in total. The van der Waals surface area contributed by atoms with Crippen molar-refractivity contribution in [2.75, 3.05) is 5.32 Å². The molecule has 3 aromatic rings. The molecule has 8 heteroatoms. The number of nitrogens with zero attached hydrogens (tertiary/aromatic N) is 5. The van der Waals surface area contributed by atoms with Gasteiger partial charge < -0.3 is 5.32 Å². The average Bonchev–Trinajstić information content (AvgIpc) is 2.91. The molecule has 0 aliphatic rings. The van der Waals surface area contributed by atoms with Crippen LogP contribution >= 0.6 is 0 Å². The summed E-state index contributed by atoms with van der Waals surface area (Å²) in [6.07, 6.45) is 3.01. The molecule has 0 saturated carbocycles. The van der Waals surface area contributed by atoms with E-state index in [1.54, 1.807) is 6.20 Å². The molecule has 0 saturated heterocycles. The van der Waals surface area contributed by atoms with Gasteiger partial charge in [-0.2, -0.15) is 4.52 Å². The van der Waals surface area contributed by atoms with Crippen molar-refractivity contribution in [3.8, 4) is 11.5 Å². The largest absolute Gasteiger partial charge is 0.320 e. The highest BCUT2D eigenvalue weighted by molar-refractivity contribution is 5.88. The smallest absolute Gasteiger partial charge is 0.299 e. The standard InChI is InChI=1S/C15H16N6O2/c1-9(2)20-13(11-6-4-5-7-16-11)19-21-14(23)12(18-10(3)22)8-17-15(20)21/h4-9H,1-3H3,(H,18,22). The van der Waals surface area contributed by atoms with Gasteiger partial charge in [-0.1, -0.05) is 6.07 Å². The molecule has 0 aliphatic carbocycles. The third kappa shape index (κ3) is 2.59. The monoisotopic (exact) mass is 312 g/mol. The van der Waals surface area contributed by atoms with E-state index in [0.29, 0.717) is 17.3 Å². The predicted molar refractivity (Wildman–Crippen MR) is 85.2 cm³/mol. The summed E-state index contributed by atoms with van der Waals surface area (Å²) in [5.74, 6) is 0.613. The summed E-state index contributed by atoms with van der Waals surface area (Å²) in [4.78, 5) is 32.3. The maximum Gasteiger partial charge on any atom is 0.299 e. The van der Waals surface area contributed by atoms with Crippen LogP contribution in [0.1, 0.15) is 26.8 Å². The highest BCUT2D eigenvalue weighted by Gasteiger charge is 2.19. The molecule has 0 aliphatic heterocycles. The van der Waals surface area contributed by atoms with Crippen molar-refractivity contribution in [3.63, 3.8) is 0 Å². The second-order valence-electron chi connectivity index (χ2n) is 5.37. The van der Waals surface area contributed by atoms with Gasteiger partial charge in [0.05, 0.1) is 6.20 Å². The summed E-state index contributed by atoms with van der Waals surface area (Å²) in [5.41, 5.74) is 0.310. The number of hydrogen-bond acceptors (Lipinski definition) is 5.